The smallest absolute Gasteiger partial charge is 0.0527 e. The maximum Gasteiger partial charge on any atom is 0.0527 e. The molecule has 0 saturated heterocycles. The number of rotatable bonds is 4. The molecule has 1 aliphatic rings. The third kappa shape index (κ3) is 1.69. The van der Waals surface area contributed by atoms with E-state index in [1.807, 2.05) is 10.9 Å². The van der Waals surface area contributed by atoms with Crippen molar-refractivity contribution in [2.24, 2.45) is 11.7 Å². The third-order valence-corrected chi connectivity index (χ3v) is 3.04. The molecule has 2 rings (SSSR count). The molecule has 0 bridgehead atoms. The van der Waals surface area contributed by atoms with Crippen molar-refractivity contribution in [1.29, 1.82) is 0 Å². The molecule has 3 nitrogen and oxygen atoms in total. The predicted octanol–water partition coefficient (Wildman–Crippen LogP) is 1.53. The second kappa shape index (κ2) is 3.39. The highest BCUT2D eigenvalue weighted by molar-refractivity contribution is 5.27. The lowest BCUT2D eigenvalue weighted by molar-refractivity contribution is 0.482. The van der Waals surface area contributed by atoms with Crippen molar-refractivity contribution in [3.05, 3.63) is 18.0 Å². The van der Waals surface area contributed by atoms with Crippen LogP contribution < -0.4 is 5.73 Å². The molecule has 1 heterocycles. The Kier molecular flexibility index (Phi) is 2.35. The molecule has 0 radical (unpaired) electrons. The predicted molar refractivity (Wildman–Crippen MR) is 57.0 cm³/mol. The fourth-order valence-corrected chi connectivity index (χ4v) is 1.87. The van der Waals surface area contributed by atoms with Crippen LogP contribution in [0.3, 0.4) is 0 Å². The van der Waals surface area contributed by atoms with Gasteiger partial charge in [-0.25, -0.2) is 0 Å². The first-order valence-corrected chi connectivity index (χ1v) is 5.39. The first kappa shape index (κ1) is 9.71. The minimum Gasteiger partial charge on any atom is -0.330 e. The summed E-state index contributed by atoms with van der Waals surface area (Å²) in [5, 5.41) is 4.37. The summed E-state index contributed by atoms with van der Waals surface area (Å²) in [4.78, 5) is 0. The number of nitrogens with two attached hydrogens (primary N) is 1. The van der Waals surface area contributed by atoms with Crippen molar-refractivity contribution < 1.29 is 0 Å². The van der Waals surface area contributed by atoms with Gasteiger partial charge in [0.05, 0.1) is 6.20 Å². The van der Waals surface area contributed by atoms with Crippen molar-refractivity contribution in [2.45, 2.75) is 38.6 Å². The molecule has 2 N–H and O–H groups in total. The molecule has 0 aromatic carbocycles. The topological polar surface area (TPSA) is 43.8 Å². The number of nitrogens with zero attached hydrogens (tertiary/aromatic N) is 2. The van der Waals surface area contributed by atoms with E-state index in [1.54, 1.807) is 0 Å². The standard InChI is InChI=1S/C11H19N3/c1-9(2)6-14-7-10(5-13-14)11(8-12)3-4-11/h5,7,9H,3-4,6,8,12H2,1-2H3. The lowest BCUT2D eigenvalue weighted by Gasteiger charge is -2.08. The van der Waals surface area contributed by atoms with Gasteiger partial charge >= 0.3 is 0 Å². The fourth-order valence-electron chi connectivity index (χ4n) is 1.87. The summed E-state index contributed by atoms with van der Waals surface area (Å²) in [6.45, 7) is 6.18. The highest BCUT2D eigenvalue weighted by atomic mass is 15.3. The van der Waals surface area contributed by atoms with Gasteiger partial charge in [0.1, 0.15) is 0 Å². The lowest BCUT2D eigenvalue weighted by atomic mass is 10.0. The Balaban J connectivity index is 2.10. The SMILES string of the molecule is CC(C)Cn1cc(C2(CN)CC2)cn1. The molecule has 1 aliphatic carbocycles. The molecular weight excluding hydrogens is 174 g/mol. The Labute approximate surface area is 85.3 Å². The van der Waals surface area contributed by atoms with E-state index in [1.165, 1.54) is 18.4 Å². The van der Waals surface area contributed by atoms with Crippen LogP contribution in [0.25, 0.3) is 0 Å². The monoisotopic (exact) mass is 193 g/mol. The number of hydrogen-bond acceptors (Lipinski definition) is 2. The van der Waals surface area contributed by atoms with Crippen LogP contribution in [0.5, 0.6) is 0 Å². The third-order valence-electron chi connectivity index (χ3n) is 3.04. The van der Waals surface area contributed by atoms with Crippen LogP contribution in [0, 0.1) is 5.92 Å². The average Bonchev–Trinajstić information content (AvgIpc) is 2.81. The summed E-state index contributed by atoms with van der Waals surface area (Å²) in [7, 11) is 0. The van der Waals surface area contributed by atoms with Crippen LogP contribution in [0.1, 0.15) is 32.3 Å². The van der Waals surface area contributed by atoms with Crippen molar-refractivity contribution in [3.63, 3.8) is 0 Å². The largest absolute Gasteiger partial charge is 0.330 e. The van der Waals surface area contributed by atoms with Crippen LogP contribution in [0.2, 0.25) is 0 Å². The molecule has 0 unspecified atom stereocenters. The quantitative estimate of drug-likeness (QED) is 0.788. The molecule has 1 saturated carbocycles. The van der Waals surface area contributed by atoms with Crippen LogP contribution in [-0.2, 0) is 12.0 Å². The van der Waals surface area contributed by atoms with Crippen LogP contribution in [0.15, 0.2) is 12.4 Å². The van der Waals surface area contributed by atoms with E-state index in [4.69, 9.17) is 5.73 Å². The van der Waals surface area contributed by atoms with Gasteiger partial charge in [0.25, 0.3) is 0 Å². The zero-order chi connectivity index (χ0) is 10.2. The van der Waals surface area contributed by atoms with Crippen molar-refractivity contribution in [2.75, 3.05) is 6.54 Å². The summed E-state index contributed by atoms with van der Waals surface area (Å²) in [6.07, 6.45) is 6.62. The van der Waals surface area contributed by atoms with Crippen LogP contribution >= 0.6 is 0 Å². The maximum atomic E-state index is 5.77. The molecule has 78 valence electrons. The molecule has 0 atom stereocenters. The lowest BCUT2D eigenvalue weighted by Crippen LogP contribution is -2.19. The fraction of sp³-hybridized carbons (Fsp3) is 0.727. The summed E-state index contributed by atoms with van der Waals surface area (Å²) >= 11 is 0. The van der Waals surface area contributed by atoms with Gasteiger partial charge in [0.2, 0.25) is 0 Å². The van der Waals surface area contributed by atoms with Gasteiger partial charge in [-0.15, -0.1) is 0 Å². The Morgan fingerprint density at radius 1 is 1.57 bits per heavy atom. The molecule has 1 aromatic heterocycles. The molecule has 14 heavy (non-hydrogen) atoms. The highest BCUT2D eigenvalue weighted by Gasteiger charge is 2.43. The summed E-state index contributed by atoms with van der Waals surface area (Å²) in [5.41, 5.74) is 7.40. The molecule has 1 aromatic rings. The first-order valence-electron chi connectivity index (χ1n) is 5.39. The number of hydrogen-bond donors (Lipinski definition) is 1. The minimum absolute atomic E-state index is 0.287. The summed E-state index contributed by atoms with van der Waals surface area (Å²) in [6, 6.07) is 0. The Hall–Kier alpha value is -0.830. The number of aromatic nitrogens is 2. The van der Waals surface area contributed by atoms with E-state index in [2.05, 4.69) is 25.1 Å². The van der Waals surface area contributed by atoms with E-state index in [0.29, 0.717) is 5.92 Å². The zero-order valence-corrected chi connectivity index (χ0v) is 9.03. The second-order valence-corrected chi connectivity index (χ2v) is 4.83. The van der Waals surface area contributed by atoms with Gasteiger partial charge < -0.3 is 5.73 Å². The molecule has 0 spiro atoms. The Morgan fingerprint density at radius 3 is 2.79 bits per heavy atom. The highest BCUT2D eigenvalue weighted by Crippen LogP contribution is 2.46. The van der Waals surface area contributed by atoms with E-state index in [0.717, 1.165) is 13.1 Å². The van der Waals surface area contributed by atoms with Crippen molar-refractivity contribution in [3.8, 4) is 0 Å². The Morgan fingerprint density at radius 2 is 2.29 bits per heavy atom. The normalized spacial score (nSPS) is 18.9. The van der Waals surface area contributed by atoms with Gasteiger partial charge in [-0.05, 0) is 24.3 Å². The molecular formula is C11H19N3. The van der Waals surface area contributed by atoms with E-state index < -0.39 is 0 Å². The van der Waals surface area contributed by atoms with Crippen LogP contribution in [0.4, 0.5) is 0 Å². The first-order chi connectivity index (χ1) is 6.66. The maximum absolute atomic E-state index is 5.77. The zero-order valence-electron chi connectivity index (χ0n) is 9.03. The molecule has 0 amide bonds. The Bertz CT molecular complexity index is 310. The van der Waals surface area contributed by atoms with Gasteiger partial charge in [-0.1, -0.05) is 13.8 Å². The van der Waals surface area contributed by atoms with Gasteiger partial charge in [0, 0.05) is 24.7 Å². The van der Waals surface area contributed by atoms with Crippen LogP contribution in [-0.4, -0.2) is 16.3 Å². The van der Waals surface area contributed by atoms with Gasteiger partial charge in [-0.2, -0.15) is 5.10 Å². The van der Waals surface area contributed by atoms with Crippen molar-refractivity contribution >= 4 is 0 Å². The van der Waals surface area contributed by atoms with E-state index in [-0.39, 0.29) is 5.41 Å². The second-order valence-electron chi connectivity index (χ2n) is 4.83. The van der Waals surface area contributed by atoms with E-state index >= 15 is 0 Å². The summed E-state index contributed by atoms with van der Waals surface area (Å²) in [5.74, 6) is 0.649. The minimum atomic E-state index is 0.287. The average molecular weight is 193 g/mol. The van der Waals surface area contributed by atoms with Gasteiger partial charge in [0.15, 0.2) is 0 Å². The van der Waals surface area contributed by atoms with Crippen molar-refractivity contribution in [1.82, 2.24) is 9.78 Å². The van der Waals surface area contributed by atoms with Gasteiger partial charge in [-0.3, -0.25) is 4.68 Å². The molecule has 3 heteroatoms. The molecule has 0 aliphatic heterocycles. The van der Waals surface area contributed by atoms with E-state index in [9.17, 15) is 0 Å². The molecule has 1 fully saturated rings. The summed E-state index contributed by atoms with van der Waals surface area (Å²) < 4.78 is 2.04.